The maximum Gasteiger partial charge on any atom is 0.308 e. The first kappa shape index (κ1) is 24.0. The molecular formula is C21H34O8. The lowest BCUT2D eigenvalue weighted by Gasteiger charge is -2.45. The minimum absolute atomic E-state index is 0.0414. The molecule has 2 aliphatic heterocycles. The number of hydrogen-bond acceptors (Lipinski definition) is 8. The third kappa shape index (κ3) is 6.12. The lowest BCUT2D eigenvalue weighted by Crippen LogP contribution is -2.58. The molecule has 0 unspecified atom stereocenters. The van der Waals surface area contributed by atoms with Gasteiger partial charge in [-0.1, -0.05) is 13.5 Å². The SMILES string of the molecule is C=C=CC[C@@H]1C[C@H](O[C@@H]2OC[C@@H](OC)[C@H](OC)[C@H]2OC)[C@@H](C)[C@H](CC(=O)OC)O1. The molecule has 0 aromatic carbocycles. The first-order valence-corrected chi connectivity index (χ1v) is 9.90. The van der Waals surface area contributed by atoms with E-state index in [9.17, 15) is 4.79 Å². The topological polar surface area (TPSA) is 81.7 Å². The van der Waals surface area contributed by atoms with Gasteiger partial charge >= 0.3 is 5.97 Å². The lowest BCUT2D eigenvalue weighted by atomic mass is 9.87. The smallest absolute Gasteiger partial charge is 0.308 e. The molecule has 2 aliphatic rings. The van der Waals surface area contributed by atoms with Crippen molar-refractivity contribution in [2.45, 2.75) is 69.1 Å². The van der Waals surface area contributed by atoms with E-state index in [0.29, 0.717) is 19.4 Å². The number of rotatable bonds is 9. The summed E-state index contributed by atoms with van der Waals surface area (Å²) >= 11 is 0. The van der Waals surface area contributed by atoms with Gasteiger partial charge in [0, 0.05) is 33.7 Å². The Kier molecular flexibility index (Phi) is 9.79. The van der Waals surface area contributed by atoms with E-state index < -0.39 is 12.4 Å². The first-order chi connectivity index (χ1) is 14.0. The van der Waals surface area contributed by atoms with Crippen molar-refractivity contribution in [1.29, 1.82) is 0 Å². The van der Waals surface area contributed by atoms with Crippen molar-refractivity contribution in [2.75, 3.05) is 35.0 Å². The number of hydrogen-bond donors (Lipinski definition) is 0. The lowest BCUT2D eigenvalue weighted by molar-refractivity contribution is -0.308. The molecule has 0 radical (unpaired) electrons. The van der Waals surface area contributed by atoms with Crippen molar-refractivity contribution in [3.63, 3.8) is 0 Å². The summed E-state index contributed by atoms with van der Waals surface area (Å²) in [6.45, 7) is 5.95. The third-order valence-corrected chi connectivity index (χ3v) is 5.70. The van der Waals surface area contributed by atoms with Crippen LogP contribution in [0.15, 0.2) is 18.4 Å². The number of ether oxygens (including phenoxy) is 7. The van der Waals surface area contributed by atoms with Gasteiger partial charge in [-0.25, -0.2) is 0 Å². The second-order valence-corrected chi connectivity index (χ2v) is 7.37. The zero-order chi connectivity index (χ0) is 21.4. The van der Waals surface area contributed by atoms with Gasteiger partial charge < -0.3 is 33.2 Å². The normalized spacial score (nSPS) is 37.6. The quantitative estimate of drug-likeness (QED) is 0.418. The van der Waals surface area contributed by atoms with Gasteiger partial charge in [0.15, 0.2) is 6.29 Å². The zero-order valence-corrected chi connectivity index (χ0v) is 18.0. The zero-order valence-electron chi connectivity index (χ0n) is 18.0. The molecule has 0 aliphatic carbocycles. The van der Waals surface area contributed by atoms with Crippen LogP contribution in [0.3, 0.4) is 0 Å². The van der Waals surface area contributed by atoms with Crippen molar-refractivity contribution in [3.05, 3.63) is 18.4 Å². The molecule has 0 aromatic rings. The van der Waals surface area contributed by atoms with Gasteiger partial charge in [-0.15, -0.1) is 5.73 Å². The Hall–Kier alpha value is -1.25. The van der Waals surface area contributed by atoms with E-state index in [1.54, 1.807) is 21.3 Å². The van der Waals surface area contributed by atoms with Gasteiger partial charge in [-0.05, 0) is 12.5 Å². The van der Waals surface area contributed by atoms with Crippen molar-refractivity contribution >= 4 is 5.97 Å². The highest BCUT2D eigenvalue weighted by Crippen LogP contribution is 2.34. The van der Waals surface area contributed by atoms with Crippen LogP contribution in [-0.2, 0) is 38.0 Å². The van der Waals surface area contributed by atoms with Gasteiger partial charge in [0.1, 0.15) is 18.3 Å². The minimum atomic E-state index is -0.615. The maximum absolute atomic E-state index is 11.8. The Labute approximate surface area is 173 Å². The van der Waals surface area contributed by atoms with E-state index in [0.717, 1.165) is 0 Å². The van der Waals surface area contributed by atoms with Crippen LogP contribution in [-0.4, -0.2) is 83.9 Å². The minimum Gasteiger partial charge on any atom is -0.469 e. The Morgan fingerprint density at radius 2 is 1.86 bits per heavy atom. The highest BCUT2D eigenvalue weighted by Gasteiger charge is 2.45. The van der Waals surface area contributed by atoms with Crippen LogP contribution in [0.4, 0.5) is 0 Å². The molecule has 0 spiro atoms. The van der Waals surface area contributed by atoms with Crippen molar-refractivity contribution in [1.82, 2.24) is 0 Å². The monoisotopic (exact) mass is 414 g/mol. The third-order valence-electron chi connectivity index (χ3n) is 5.70. The highest BCUT2D eigenvalue weighted by atomic mass is 16.7. The molecule has 0 saturated carbocycles. The van der Waals surface area contributed by atoms with Crippen molar-refractivity contribution in [3.8, 4) is 0 Å². The average Bonchev–Trinajstić information content (AvgIpc) is 2.74. The summed E-state index contributed by atoms with van der Waals surface area (Å²) in [5.41, 5.74) is 2.77. The van der Waals surface area contributed by atoms with E-state index in [4.69, 9.17) is 33.2 Å². The second kappa shape index (κ2) is 11.8. The summed E-state index contributed by atoms with van der Waals surface area (Å²) in [5.74, 6) is -0.355. The molecule has 2 rings (SSSR count). The van der Waals surface area contributed by atoms with E-state index in [2.05, 4.69) is 12.3 Å². The number of methoxy groups -OCH3 is 4. The summed E-state index contributed by atoms with van der Waals surface area (Å²) in [4.78, 5) is 11.8. The molecule has 2 fully saturated rings. The van der Waals surface area contributed by atoms with Gasteiger partial charge in [0.25, 0.3) is 0 Å². The molecule has 0 bridgehead atoms. The molecule has 2 saturated heterocycles. The van der Waals surface area contributed by atoms with Crippen LogP contribution >= 0.6 is 0 Å². The van der Waals surface area contributed by atoms with Gasteiger partial charge in [0.05, 0.1) is 38.4 Å². The molecule has 0 aromatic heterocycles. The predicted molar refractivity (Wildman–Crippen MR) is 104 cm³/mol. The first-order valence-electron chi connectivity index (χ1n) is 9.90. The van der Waals surface area contributed by atoms with E-state index in [1.807, 2.05) is 13.0 Å². The largest absolute Gasteiger partial charge is 0.469 e. The van der Waals surface area contributed by atoms with Crippen LogP contribution in [0.25, 0.3) is 0 Å². The Bertz CT molecular complexity index is 561. The Morgan fingerprint density at radius 1 is 1.14 bits per heavy atom. The highest BCUT2D eigenvalue weighted by molar-refractivity contribution is 5.69. The van der Waals surface area contributed by atoms with E-state index in [1.165, 1.54) is 7.11 Å². The van der Waals surface area contributed by atoms with Crippen LogP contribution in [0.1, 0.15) is 26.2 Å². The van der Waals surface area contributed by atoms with E-state index in [-0.39, 0.29) is 48.8 Å². The number of carbonyl (C=O) groups is 1. The van der Waals surface area contributed by atoms with Crippen LogP contribution in [0.5, 0.6) is 0 Å². The molecule has 0 N–H and O–H groups in total. The summed E-state index contributed by atoms with van der Waals surface area (Å²) in [7, 11) is 6.20. The summed E-state index contributed by atoms with van der Waals surface area (Å²) in [6.07, 6.45) is 1.03. The van der Waals surface area contributed by atoms with Crippen LogP contribution in [0, 0.1) is 5.92 Å². The molecule has 166 valence electrons. The number of esters is 1. The standard InChI is InChI=1S/C21H34O8/c1-7-8-9-14-10-15(13(2)16(28-14)11-18(22)24-4)29-21-20(26-6)19(25-5)17(23-3)12-27-21/h8,13-17,19-21H,1,9-12H2,2-6H3/t13-,14-,15+,16+,17-,19+,20-,21+/m1/s1. The molecule has 8 heteroatoms. The Morgan fingerprint density at radius 3 is 2.45 bits per heavy atom. The van der Waals surface area contributed by atoms with Crippen LogP contribution in [0.2, 0.25) is 0 Å². The second-order valence-electron chi connectivity index (χ2n) is 7.37. The van der Waals surface area contributed by atoms with Crippen molar-refractivity contribution < 1.29 is 38.0 Å². The van der Waals surface area contributed by atoms with Gasteiger partial charge in [-0.2, -0.15) is 0 Å². The molecular weight excluding hydrogens is 380 g/mol. The number of carbonyl (C=O) groups excluding carboxylic acids is 1. The van der Waals surface area contributed by atoms with Gasteiger partial charge in [-0.3, -0.25) is 4.79 Å². The predicted octanol–water partition coefficient (Wildman–Crippen LogP) is 1.86. The molecule has 8 atom stereocenters. The van der Waals surface area contributed by atoms with E-state index >= 15 is 0 Å². The fraction of sp³-hybridized carbons (Fsp3) is 0.810. The van der Waals surface area contributed by atoms with Crippen LogP contribution < -0.4 is 0 Å². The molecule has 0 amide bonds. The fourth-order valence-corrected chi connectivity index (χ4v) is 3.94. The summed E-state index contributed by atoms with van der Waals surface area (Å²) in [5, 5.41) is 0. The molecule has 2 heterocycles. The van der Waals surface area contributed by atoms with Crippen molar-refractivity contribution in [2.24, 2.45) is 5.92 Å². The van der Waals surface area contributed by atoms with Gasteiger partial charge in [0.2, 0.25) is 0 Å². The molecule has 8 nitrogen and oxygen atoms in total. The molecule has 29 heavy (non-hydrogen) atoms. The Balaban J connectivity index is 2.14. The summed E-state index contributed by atoms with van der Waals surface area (Å²) in [6, 6.07) is 0. The summed E-state index contributed by atoms with van der Waals surface area (Å²) < 4.78 is 39.9. The average molecular weight is 414 g/mol. The fourth-order valence-electron chi connectivity index (χ4n) is 3.94. The maximum atomic E-state index is 11.8.